The lowest BCUT2D eigenvalue weighted by Crippen LogP contribution is -2.44. The van der Waals surface area contributed by atoms with Gasteiger partial charge in [0, 0.05) is 17.9 Å². The van der Waals surface area contributed by atoms with E-state index in [0.29, 0.717) is 19.6 Å². The first-order valence-electron chi connectivity index (χ1n) is 7.94. The van der Waals surface area contributed by atoms with E-state index in [2.05, 4.69) is 40.4 Å². The summed E-state index contributed by atoms with van der Waals surface area (Å²) in [4.78, 5) is 12.4. The minimum atomic E-state index is -1.92. The minimum Gasteiger partial charge on any atom is -0.413 e. The lowest BCUT2D eigenvalue weighted by Gasteiger charge is -2.39. The Hall–Kier alpha value is -0.753. The monoisotopic (exact) mass is 324 g/mol. The Balaban J connectivity index is 2.17. The maximum absolute atomic E-state index is 12.4. The highest BCUT2D eigenvalue weighted by Gasteiger charge is 2.45. The molecule has 0 N–H and O–H groups in total. The van der Waals surface area contributed by atoms with Gasteiger partial charge in [-0.25, -0.2) is 0 Å². The normalized spacial score (nSPS) is 29.5. The Kier molecular flexibility index (Phi) is 5.12. The quantitative estimate of drug-likeness (QED) is 0.451. The molecule has 2 atom stereocenters. The minimum absolute atomic E-state index is 0.0746. The fourth-order valence-corrected chi connectivity index (χ4v) is 3.93. The van der Waals surface area contributed by atoms with E-state index in [1.54, 1.807) is 6.08 Å². The summed E-state index contributed by atoms with van der Waals surface area (Å²) in [6, 6.07) is 0. The Morgan fingerprint density at radius 1 is 1.27 bits per heavy atom. The van der Waals surface area contributed by atoms with Gasteiger partial charge in [-0.15, -0.1) is 6.58 Å². The Morgan fingerprint density at radius 3 is 2.36 bits per heavy atom. The fraction of sp³-hybridized carbons (Fsp3) is 0.706. The van der Waals surface area contributed by atoms with E-state index in [-0.39, 0.29) is 22.8 Å². The van der Waals surface area contributed by atoms with Crippen molar-refractivity contribution < 1.29 is 18.7 Å². The molecule has 2 rings (SSSR count). The molecule has 1 aliphatic heterocycles. The molecule has 0 aromatic heterocycles. The zero-order valence-corrected chi connectivity index (χ0v) is 15.3. The molecule has 1 aliphatic carbocycles. The summed E-state index contributed by atoms with van der Waals surface area (Å²) in [7, 11) is -1.92. The number of ether oxygens (including phenoxy) is 2. The van der Waals surface area contributed by atoms with Crippen LogP contribution in [0.1, 0.15) is 27.2 Å². The molecule has 0 aromatic carbocycles. The number of hydrogen-bond acceptors (Lipinski definition) is 4. The van der Waals surface area contributed by atoms with Crippen molar-refractivity contribution in [3.8, 4) is 0 Å². The molecule has 1 unspecified atom stereocenters. The van der Waals surface area contributed by atoms with Crippen molar-refractivity contribution in [1.82, 2.24) is 0 Å². The predicted molar refractivity (Wildman–Crippen MR) is 89.2 cm³/mol. The number of Topliss-reactive ketones (excluding diaryl/α,β-unsaturated/α-hetero) is 1. The van der Waals surface area contributed by atoms with Crippen molar-refractivity contribution in [3.05, 3.63) is 24.3 Å². The van der Waals surface area contributed by atoms with E-state index >= 15 is 0 Å². The molecule has 4 nitrogen and oxygen atoms in total. The predicted octanol–water partition coefficient (Wildman–Crippen LogP) is 3.45. The van der Waals surface area contributed by atoms with Gasteiger partial charge < -0.3 is 13.9 Å². The van der Waals surface area contributed by atoms with Crippen LogP contribution in [-0.4, -0.2) is 39.7 Å². The molecule has 124 valence electrons. The van der Waals surface area contributed by atoms with E-state index in [4.69, 9.17) is 13.9 Å². The number of hydrogen-bond donors (Lipinski definition) is 0. The van der Waals surface area contributed by atoms with Crippen molar-refractivity contribution >= 4 is 14.1 Å². The summed E-state index contributed by atoms with van der Waals surface area (Å²) in [5, 5.41) is 0.117. The van der Waals surface area contributed by atoms with Crippen LogP contribution in [0.3, 0.4) is 0 Å². The van der Waals surface area contributed by atoms with Crippen LogP contribution >= 0.6 is 0 Å². The van der Waals surface area contributed by atoms with Crippen molar-refractivity contribution in [2.75, 3.05) is 13.2 Å². The van der Waals surface area contributed by atoms with Gasteiger partial charge in [0.1, 0.15) is 0 Å². The number of carbonyl (C=O) groups is 1. The van der Waals surface area contributed by atoms with Crippen LogP contribution < -0.4 is 0 Å². The van der Waals surface area contributed by atoms with E-state index in [0.717, 1.165) is 5.57 Å². The smallest absolute Gasteiger partial charge is 0.192 e. The number of rotatable bonds is 4. The van der Waals surface area contributed by atoms with Gasteiger partial charge in [-0.2, -0.15) is 0 Å². The fourth-order valence-electron chi connectivity index (χ4n) is 2.59. The Labute approximate surface area is 134 Å². The highest BCUT2D eigenvalue weighted by molar-refractivity contribution is 6.74. The molecule has 0 radical (unpaired) electrons. The molecule has 2 fully saturated rings. The molecule has 5 heteroatoms. The molecule has 1 saturated carbocycles. The molecule has 0 bridgehead atoms. The third-order valence-corrected chi connectivity index (χ3v) is 9.44. The van der Waals surface area contributed by atoms with Crippen LogP contribution in [-0.2, 0) is 18.7 Å². The summed E-state index contributed by atoms with van der Waals surface area (Å²) >= 11 is 0. The van der Waals surface area contributed by atoms with E-state index in [1.165, 1.54) is 0 Å². The van der Waals surface area contributed by atoms with Gasteiger partial charge in [0.2, 0.25) is 0 Å². The van der Waals surface area contributed by atoms with Gasteiger partial charge >= 0.3 is 0 Å². The van der Waals surface area contributed by atoms with Gasteiger partial charge in [-0.3, -0.25) is 4.79 Å². The highest BCUT2D eigenvalue weighted by atomic mass is 28.4. The van der Waals surface area contributed by atoms with Crippen LogP contribution in [0.5, 0.6) is 0 Å². The molecule has 1 saturated heterocycles. The summed E-state index contributed by atoms with van der Waals surface area (Å²) in [5.41, 5.74) is 0.727. The number of carbonyl (C=O) groups excluding carboxylic acids is 1. The van der Waals surface area contributed by atoms with Crippen molar-refractivity contribution in [1.29, 1.82) is 0 Å². The third kappa shape index (κ3) is 3.59. The zero-order chi connectivity index (χ0) is 16.5. The molecule has 0 aromatic rings. The van der Waals surface area contributed by atoms with Gasteiger partial charge in [0.05, 0.1) is 19.3 Å². The molecular formula is C17H28O4Si. The largest absolute Gasteiger partial charge is 0.413 e. The Morgan fingerprint density at radius 2 is 1.86 bits per heavy atom. The van der Waals surface area contributed by atoms with Crippen LogP contribution in [0.25, 0.3) is 0 Å². The summed E-state index contributed by atoms with van der Waals surface area (Å²) < 4.78 is 17.3. The van der Waals surface area contributed by atoms with Crippen molar-refractivity contribution in [3.63, 3.8) is 0 Å². The second-order valence-electron chi connectivity index (χ2n) is 7.54. The summed E-state index contributed by atoms with van der Waals surface area (Å²) in [6.07, 6.45) is 3.52. The van der Waals surface area contributed by atoms with Crippen molar-refractivity contribution in [2.24, 2.45) is 5.92 Å². The standard InChI is InChI=1S/C17H28O4Si/c1-7-12-13(10-16-19-8-9-20-16)14(18)11-15(12)21-22(5,6)17(2,3)4/h7,10,12,15-16H,1,8-9,11H2,2-6H3/b13-10-/t12-,15?/m1/s1. The average molecular weight is 324 g/mol. The third-order valence-electron chi connectivity index (χ3n) is 4.94. The van der Waals surface area contributed by atoms with Gasteiger partial charge in [-0.05, 0) is 24.2 Å². The topological polar surface area (TPSA) is 44.8 Å². The highest BCUT2D eigenvalue weighted by Crippen LogP contribution is 2.41. The maximum atomic E-state index is 12.4. The lowest BCUT2D eigenvalue weighted by molar-refractivity contribution is -0.115. The molecule has 2 aliphatic rings. The van der Waals surface area contributed by atoms with Crippen molar-refractivity contribution in [2.45, 2.75) is 57.7 Å². The second kappa shape index (κ2) is 6.39. The van der Waals surface area contributed by atoms with Crippen LogP contribution in [0.15, 0.2) is 24.3 Å². The van der Waals surface area contributed by atoms with Gasteiger partial charge in [0.15, 0.2) is 20.4 Å². The van der Waals surface area contributed by atoms with E-state index in [9.17, 15) is 4.79 Å². The van der Waals surface area contributed by atoms with Crippen LogP contribution in [0, 0.1) is 5.92 Å². The first-order chi connectivity index (χ1) is 10.2. The number of ketones is 1. The first-order valence-corrected chi connectivity index (χ1v) is 10.8. The van der Waals surface area contributed by atoms with Crippen LogP contribution in [0.4, 0.5) is 0 Å². The SMILES string of the molecule is C=C[C@@H]1/C(=C/C2OCCO2)C(=O)CC1O[Si](C)(C)C(C)(C)C. The molecule has 1 heterocycles. The molecular weight excluding hydrogens is 296 g/mol. The van der Waals surface area contributed by atoms with Gasteiger partial charge in [-0.1, -0.05) is 26.8 Å². The first kappa shape index (κ1) is 17.6. The summed E-state index contributed by atoms with van der Waals surface area (Å²) in [5.74, 6) is 0.0436. The van der Waals surface area contributed by atoms with E-state index in [1.807, 2.05) is 6.08 Å². The molecule has 0 amide bonds. The lowest BCUT2D eigenvalue weighted by atomic mass is 10.0. The van der Waals surface area contributed by atoms with Gasteiger partial charge in [0.25, 0.3) is 0 Å². The van der Waals surface area contributed by atoms with Crippen LogP contribution in [0.2, 0.25) is 18.1 Å². The Bertz CT molecular complexity index is 470. The summed E-state index contributed by atoms with van der Waals surface area (Å²) in [6.45, 7) is 16.1. The average Bonchev–Trinajstić information content (AvgIpc) is 2.98. The molecule has 0 spiro atoms. The second-order valence-corrected chi connectivity index (χ2v) is 12.3. The molecule has 22 heavy (non-hydrogen) atoms. The zero-order valence-electron chi connectivity index (χ0n) is 14.3. The maximum Gasteiger partial charge on any atom is 0.192 e. The van der Waals surface area contributed by atoms with E-state index < -0.39 is 14.6 Å².